The summed E-state index contributed by atoms with van der Waals surface area (Å²) in [5.41, 5.74) is 5.51. The van der Waals surface area contributed by atoms with E-state index in [1.54, 1.807) is 14.2 Å². The van der Waals surface area contributed by atoms with Crippen LogP contribution in [0, 0.1) is 0 Å². The van der Waals surface area contributed by atoms with Gasteiger partial charge < -0.3 is 9.47 Å². The molecule has 0 fully saturated rings. The Morgan fingerprint density at radius 1 is 0.905 bits per heavy atom. The van der Waals surface area contributed by atoms with Crippen molar-refractivity contribution in [1.82, 2.24) is 0 Å². The van der Waals surface area contributed by atoms with E-state index in [9.17, 15) is 0 Å². The van der Waals surface area contributed by atoms with Gasteiger partial charge in [0.1, 0.15) is 0 Å². The Morgan fingerprint density at radius 3 is 2.38 bits per heavy atom. The number of fused-ring (bicyclic) bond motifs is 1. The lowest BCUT2D eigenvalue weighted by atomic mass is 9.87. The lowest BCUT2D eigenvalue weighted by Crippen LogP contribution is -2.07. The molecule has 0 aromatic heterocycles. The number of ether oxygens (including phenoxy) is 2. The van der Waals surface area contributed by atoms with E-state index < -0.39 is 0 Å². The van der Waals surface area contributed by atoms with Crippen molar-refractivity contribution in [1.29, 1.82) is 0 Å². The molecule has 0 N–H and O–H groups in total. The quantitative estimate of drug-likeness (QED) is 0.822. The summed E-state index contributed by atoms with van der Waals surface area (Å²) in [7, 11) is 3.32. The zero-order chi connectivity index (χ0) is 14.7. The van der Waals surface area contributed by atoms with E-state index in [4.69, 9.17) is 9.47 Å². The van der Waals surface area contributed by atoms with Crippen LogP contribution in [0.1, 0.15) is 22.3 Å². The maximum atomic E-state index is 5.33. The van der Waals surface area contributed by atoms with Crippen molar-refractivity contribution in [3.63, 3.8) is 0 Å². The molecule has 3 rings (SSSR count). The minimum atomic E-state index is 0.771. The topological polar surface area (TPSA) is 18.5 Å². The van der Waals surface area contributed by atoms with Crippen molar-refractivity contribution in [3.8, 4) is 11.5 Å². The Hall–Kier alpha value is -2.22. The minimum Gasteiger partial charge on any atom is -0.493 e. The third-order valence-corrected chi connectivity index (χ3v) is 4.01. The Kier molecular flexibility index (Phi) is 3.96. The zero-order valence-electron chi connectivity index (χ0n) is 12.6. The van der Waals surface area contributed by atoms with Gasteiger partial charge in [0.15, 0.2) is 11.5 Å². The first kappa shape index (κ1) is 13.7. The van der Waals surface area contributed by atoms with Gasteiger partial charge in [0.25, 0.3) is 0 Å². The molecule has 21 heavy (non-hydrogen) atoms. The van der Waals surface area contributed by atoms with Crippen LogP contribution in [0.15, 0.2) is 42.5 Å². The number of benzene rings is 2. The van der Waals surface area contributed by atoms with Gasteiger partial charge in [-0.05, 0) is 53.6 Å². The summed E-state index contributed by atoms with van der Waals surface area (Å²) >= 11 is 0. The van der Waals surface area contributed by atoms with Crippen molar-refractivity contribution < 1.29 is 9.47 Å². The summed E-state index contributed by atoms with van der Waals surface area (Å²) in [6.45, 7) is 0. The standard InChI is InChI=1S/C19H20O2/c1-20-18-11-7-15(13-19(18)21-2)5-3-4-14-6-8-16-9-10-17(16)12-14/h3-4,6-8,11-13H,5,9-10H2,1-2H3. The molecule has 0 saturated heterocycles. The predicted octanol–water partition coefficient (Wildman–Crippen LogP) is 4.06. The average Bonchev–Trinajstić information content (AvgIpc) is 2.49. The third kappa shape index (κ3) is 2.94. The smallest absolute Gasteiger partial charge is 0.160 e. The van der Waals surface area contributed by atoms with Crippen LogP contribution in [0.5, 0.6) is 11.5 Å². The summed E-state index contributed by atoms with van der Waals surface area (Å²) in [4.78, 5) is 0. The molecule has 2 aromatic carbocycles. The van der Waals surface area contributed by atoms with Crippen molar-refractivity contribution in [2.45, 2.75) is 19.3 Å². The second kappa shape index (κ2) is 6.04. The fourth-order valence-electron chi connectivity index (χ4n) is 2.66. The molecule has 0 saturated carbocycles. The number of rotatable bonds is 5. The van der Waals surface area contributed by atoms with Crippen molar-refractivity contribution in [2.24, 2.45) is 0 Å². The van der Waals surface area contributed by atoms with Gasteiger partial charge >= 0.3 is 0 Å². The molecular formula is C19H20O2. The summed E-state index contributed by atoms with van der Waals surface area (Å²) in [5, 5.41) is 0. The second-order valence-corrected chi connectivity index (χ2v) is 5.32. The maximum Gasteiger partial charge on any atom is 0.160 e. The van der Waals surface area contributed by atoms with Crippen LogP contribution in [-0.2, 0) is 19.3 Å². The lowest BCUT2D eigenvalue weighted by Gasteiger charge is -2.18. The Morgan fingerprint density at radius 2 is 1.71 bits per heavy atom. The summed E-state index contributed by atoms with van der Waals surface area (Å²) in [6, 6.07) is 12.8. The van der Waals surface area contributed by atoms with Crippen LogP contribution in [0.25, 0.3) is 6.08 Å². The highest BCUT2D eigenvalue weighted by atomic mass is 16.5. The van der Waals surface area contributed by atoms with E-state index in [0.717, 1.165) is 17.9 Å². The van der Waals surface area contributed by atoms with E-state index in [-0.39, 0.29) is 0 Å². The number of aryl methyl sites for hydroxylation is 2. The largest absolute Gasteiger partial charge is 0.493 e. The molecule has 1 aliphatic rings. The molecule has 108 valence electrons. The molecule has 0 bridgehead atoms. The number of hydrogen-bond donors (Lipinski definition) is 0. The number of methoxy groups -OCH3 is 2. The molecule has 0 unspecified atom stereocenters. The molecule has 0 spiro atoms. The highest BCUT2D eigenvalue weighted by Gasteiger charge is 2.11. The van der Waals surface area contributed by atoms with Gasteiger partial charge in [0.2, 0.25) is 0 Å². The third-order valence-electron chi connectivity index (χ3n) is 4.01. The molecule has 0 heterocycles. The first-order valence-corrected chi connectivity index (χ1v) is 7.29. The molecule has 2 aromatic rings. The summed E-state index contributed by atoms with van der Waals surface area (Å²) in [5.74, 6) is 1.55. The van der Waals surface area contributed by atoms with Gasteiger partial charge in [0.05, 0.1) is 14.2 Å². The van der Waals surface area contributed by atoms with E-state index in [0.29, 0.717) is 0 Å². The van der Waals surface area contributed by atoms with Gasteiger partial charge in [-0.15, -0.1) is 0 Å². The Bertz CT molecular complexity index is 671. The Balaban J connectivity index is 1.69. The first-order chi connectivity index (χ1) is 10.3. The van der Waals surface area contributed by atoms with Crippen molar-refractivity contribution >= 4 is 6.08 Å². The highest BCUT2D eigenvalue weighted by molar-refractivity contribution is 5.54. The van der Waals surface area contributed by atoms with Gasteiger partial charge in [-0.1, -0.05) is 36.4 Å². The highest BCUT2D eigenvalue weighted by Crippen LogP contribution is 2.28. The van der Waals surface area contributed by atoms with E-state index in [1.807, 2.05) is 12.1 Å². The fraction of sp³-hybridized carbons (Fsp3) is 0.263. The van der Waals surface area contributed by atoms with Gasteiger partial charge in [-0.3, -0.25) is 0 Å². The number of hydrogen-bond acceptors (Lipinski definition) is 2. The molecule has 0 aliphatic heterocycles. The van der Waals surface area contributed by atoms with Crippen LogP contribution in [-0.4, -0.2) is 14.2 Å². The van der Waals surface area contributed by atoms with Crippen LogP contribution in [0.4, 0.5) is 0 Å². The second-order valence-electron chi connectivity index (χ2n) is 5.32. The average molecular weight is 280 g/mol. The van der Waals surface area contributed by atoms with Crippen LogP contribution < -0.4 is 9.47 Å². The van der Waals surface area contributed by atoms with Crippen LogP contribution >= 0.6 is 0 Å². The molecule has 0 amide bonds. The molecule has 0 radical (unpaired) electrons. The summed E-state index contributed by atoms with van der Waals surface area (Å²) in [6.07, 6.45) is 7.74. The molecular weight excluding hydrogens is 260 g/mol. The van der Waals surface area contributed by atoms with Gasteiger partial charge in [-0.25, -0.2) is 0 Å². The van der Waals surface area contributed by atoms with E-state index >= 15 is 0 Å². The van der Waals surface area contributed by atoms with Crippen LogP contribution in [0.2, 0.25) is 0 Å². The van der Waals surface area contributed by atoms with Gasteiger partial charge in [-0.2, -0.15) is 0 Å². The normalized spacial score (nSPS) is 12.9. The summed E-state index contributed by atoms with van der Waals surface area (Å²) < 4.78 is 10.6. The SMILES string of the molecule is COc1ccc(CC=Cc2ccc3c(c2)CC3)cc1OC. The zero-order valence-corrected chi connectivity index (χ0v) is 12.6. The molecule has 1 aliphatic carbocycles. The predicted molar refractivity (Wildman–Crippen MR) is 86.1 cm³/mol. The molecule has 2 heteroatoms. The Labute approximate surface area is 126 Å². The van der Waals surface area contributed by atoms with Crippen molar-refractivity contribution in [3.05, 3.63) is 64.7 Å². The van der Waals surface area contributed by atoms with E-state index in [2.05, 4.69) is 36.4 Å². The maximum absolute atomic E-state index is 5.33. The van der Waals surface area contributed by atoms with Crippen LogP contribution in [0.3, 0.4) is 0 Å². The van der Waals surface area contributed by atoms with Gasteiger partial charge in [0, 0.05) is 0 Å². The minimum absolute atomic E-state index is 0.771. The molecule has 2 nitrogen and oxygen atoms in total. The van der Waals surface area contributed by atoms with Crippen molar-refractivity contribution in [2.75, 3.05) is 14.2 Å². The number of allylic oxidation sites excluding steroid dienone is 1. The molecule has 0 atom stereocenters. The lowest BCUT2D eigenvalue weighted by molar-refractivity contribution is 0.354. The van der Waals surface area contributed by atoms with E-state index in [1.165, 1.54) is 35.1 Å². The first-order valence-electron chi connectivity index (χ1n) is 7.29. The fourth-order valence-corrected chi connectivity index (χ4v) is 2.66. The monoisotopic (exact) mass is 280 g/mol.